The van der Waals surface area contributed by atoms with Gasteiger partial charge in [0.15, 0.2) is 0 Å². The van der Waals surface area contributed by atoms with Crippen LogP contribution in [0.3, 0.4) is 0 Å². The number of aryl methyl sites for hydroxylation is 1. The quantitative estimate of drug-likeness (QED) is 0.824. The van der Waals surface area contributed by atoms with Gasteiger partial charge in [0.1, 0.15) is 0 Å². The largest absolute Gasteiger partial charge is 0.379 e. The molecule has 0 aliphatic carbocycles. The van der Waals surface area contributed by atoms with Crippen LogP contribution >= 0.6 is 0 Å². The number of morpholine rings is 1. The summed E-state index contributed by atoms with van der Waals surface area (Å²) in [5.41, 5.74) is 2.48. The number of nitrogens with one attached hydrogen (secondary N) is 1. The average Bonchev–Trinajstić information content (AvgIpc) is 2.56. The van der Waals surface area contributed by atoms with Gasteiger partial charge in [-0.15, -0.1) is 0 Å². The molecular formula is C19H31N3O2. The van der Waals surface area contributed by atoms with Crippen molar-refractivity contribution in [3.63, 3.8) is 0 Å². The van der Waals surface area contributed by atoms with Gasteiger partial charge < -0.3 is 10.1 Å². The lowest BCUT2D eigenvalue weighted by molar-refractivity contribution is -0.122. The second kappa shape index (κ2) is 8.60. The summed E-state index contributed by atoms with van der Waals surface area (Å²) in [6.07, 6.45) is 0. The van der Waals surface area contributed by atoms with Gasteiger partial charge in [-0.05, 0) is 38.9 Å². The molecule has 5 nitrogen and oxygen atoms in total. The van der Waals surface area contributed by atoms with E-state index in [1.807, 2.05) is 19.2 Å². The zero-order valence-electron chi connectivity index (χ0n) is 15.5. The third-order valence-electron chi connectivity index (χ3n) is 4.70. The van der Waals surface area contributed by atoms with E-state index < -0.39 is 0 Å². The predicted molar refractivity (Wildman–Crippen MR) is 97.0 cm³/mol. The molecule has 24 heavy (non-hydrogen) atoms. The van der Waals surface area contributed by atoms with Crippen LogP contribution in [0.4, 0.5) is 0 Å². The lowest BCUT2D eigenvalue weighted by atomic mass is 10.0. The van der Waals surface area contributed by atoms with Crippen molar-refractivity contribution in [3.8, 4) is 0 Å². The van der Waals surface area contributed by atoms with Crippen molar-refractivity contribution in [1.82, 2.24) is 15.1 Å². The highest BCUT2D eigenvalue weighted by Gasteiger charge is 2.28. The van der Waals surface area contributed by atoms with Gasteiger partial charge in [0.05, 0.1) is 19.8 Å². The van der Waals surface area contributed by atoms with Crippen molar-refractivity contribution < 1.29 is 9.53 Å². The molecule has 1 N–H and O–H groups in total. The van der Waals surface area contributed by atoms with Crippen molar-refractivity contribution in [2.24, 2.45) is 0 Å². The zero-order chi connectivity index (χ0) is 17.6. The number of hydrogen-bond acceptors (Lipinski definition) is 4. The number of hydrogen-bond donors (Lipinski definition) is 1. The summed E-state index contributed by atoms with van der Waals surface area (Å²) in [5, 5.41) is 3.09. The molecule has 2 rings (SSSR count). The maximum Gasteiger partial charge on any atom is 0.234 e. The third-order valence-corrected chi connectivity index (χ3v) is 4.70. The molecule has 0 atom stereocenters. The third kappa shape index (κ3) is 5.58. The molecule has 1 fully saturated rings. The van der Waals surface area contributed by atoms with E-state index in [1.54, 1.807) is 0 Å². The molecule has 1 aromatic carbocycles. The van der Waals surface area contributed by atoms with Crippen LogP contribution in [0.5, 0.6) is 0 Å². The van der Waals surface area contributed by atoms with Crippen molar-refractivity contribution in [2.75, 3.05) is 46.4 Å². The fraction of sp³-hybridized carbons (Fsp3) is 0.632. The minimum Gasteiger partial charge on any atom is -0.379 e. The lowest BCUT2D eigenvalue weighted by Gasteiger charge is -2.40. The number of benzene rings is 1. The molecule has 1 aliphatic rings. The molecule has 0 unspecified atom stereocenters. The summed E-state index contributed by atoms with van der Waals surface area (Å²) < 4.78 is 5.40. The Labute approximate surface area is 146 Å². The van der Waals surface area contributed by atoms with Gasteiger partial charge in [0, 0.05) is 31.7 Å². The van der Waals surface area contributed by atoms with Crippen LogP contribution in [-0.2, 0) is 16.1 Å². The maximum atomic E-state index is 12.3. The molecule has 0 bridgehead atoms. The number of rotatable bonds is 7. The maximum absolute atomic E-state index is 12.3. The highest BCUT2D eigenvalue weighted by Crippen LogP contribution is 2.15. The standard InChI is InChI=1S/C19H31N3O2/c1-16-7-5-6-8-17(16)13-21(4)14-18(23)20-15-19(2,3)22-9-11-24-12-10-22/h5-8H,9-15H2,1-4H3,(H,20,23). The van der Waals surface area contributed by atoms with Crippen molar-refractivity contribution in [2.45, 2.75) is 32.9 Å². The number of likely N-dealkylation sites (N-methyl/N-ethyl adjacent to an activating group) is 1. The molecule has 0 radical (unpaired) electrons. The molecule has 0 aromatic heterocycles. The molecule has 1 heterocycles. The zero-order valence-corrected chi connectivity index (χ0v) is 15.5. The molecule has 1 aromatic rings. The molecule has 134 valence electrons. The number of amides is 1. The normalized spacial score (nSPS) is 16.4. The van der Waals surface area contributed by atoms with Gasteiger partial charge in [-0.1, -0.05) is 24.3 Å². The van der Waals surface area contributed by atoms with E-state index in [1.165, 1.54) is 11.1 Å². The summed E-state index contributed by atoms with van der Waals surface area (Å²) in [4.78, 5) is 16.7. The van der Waals surface area contributed by atoms with Gasteiger partial charge in [0.2, 0.25) is 5.91 Å². The van der Waals surface area contributed by atoms with Gasteiger partial charge in [0.25, 0.3) is 0 Å². The minimum absolute atomic E-state index is 0.0476. The van der Waals surface area contributed by atoms with Crippen LogP contribution in [0.15, 0.2) is 24.3 Å². The monoisotopic (exact) mass is 333 g/mol. The van der Waals surface area contributed by atoms with Gasteiger partial charge in [-0.2, -0.15) is 0 Å². The second-order valence-electron chi connectivity index (χ2n) is 7.29. The van der Waals surface area contributed by atoms with Crippen LogP contribution in [0.2, 0.25) is 0 Å². The molecular weight excluding hydrogens is 302 g/mol. The predicted octanol–water partition coefficient (Wildman–Crippen LogP) is 1.65. The van der Waals surface area contributed by atoms with Crippen molar-refractivity contribution in [3.05, 3.63) is 35.4 Å². The fourth-order valence-electron chi connectivity index (χ4n) is 3.03. The first-order valence-corrected chi connectivity index (χ1v) is 8.71. The van der Waals surface area contributed by atoms with Crippen molar-refractivity contribution in [1.29, 1.82) is 0 Å². The first-order chi connectivity index (χ1) is 11.4. The van der Waals surface area contributed by atoms with E-state index in [-0.39, 0.29) is 11.4 Å². The van der Waals surface area contributed by atoms with E-state index in [4.69, 9.17) is 4.74 Å². The van der Waals surface area contributed by atoms with Crippen molar-refractivity contribution >= 4 is 5.91 Å². The summed E-state index contributed by atoms with van der Waals surface area (Å²) in [6.45, 7) is 11.7. The summed E-state index contributed by atoms with van der Waals surface area (Å²) in [5.74, 6) is 0.0763. The Hall–Kier alpha value is -1.43. The molecule has 5 heteroatoms. The Morgan fingerprint density at radius 2 is 1.96 bits per heavy atom. The van der Waals surface area contributed by atoms with Crippen LogP contribution < -0.4 is 5.32 Å². The summed E-state index contributed by atoms with van der Waals surface area (Å²) in [6, 6.07) is 8.31. The topological polar surface area (TPSA) is 44.8 Å². The summed E-state index contributed by atoms with van der Waals surface area (Å²) >= 11 is 0. The van der Waals surface area contributed by atoms with Crippen LogP contribution in [0, 0.1) is 6.92 Å². The van der Waals surface area contributed by atoms with E-state index in [9.17, 15) is 4.79 Å². The first kappa shape index (κ1) is 18.9. The van der Waals surface area contributed by atoms with Gasteiger partial charge in [-0.3, -0.25) is 14.6 Å². The van der Waals surface area contributed by atoms with E-state index in [2.05, 4.69) is 48.0 Å². The summed E-state index contributed by atoms with van der Waals surface area (Å²) in [7, 11) is 1.99. The molecule has 0 spiro atoms. The first-order valence-electron chi connectivity index (χ1n) is 8.71. The molecule has 1 saturated heterocycles. The Kier molecular flexibility index (Phi) is 6.78. The van der Waals surface area contributed by atoms with E-state index in [0.29, 0.717) is 13.1 Å². The Bertz CT molecular complexity index is 539. The SMILES string of the molecule is Cc1ccccc1CN(C)CC(=O)NCC(C)(C)N1CCOCC1. The number of ether oxygens (including phenoxy) is 1. The average molecular weight is 333 g/mol. The van der Waals surface area contributed by atoms with Gasteiger partial charge in [-0.25, -0.2) is 0 Å². The van der Waals surface area contributed by atoms with Crippen LogP contribution in [-0.4, -0.2) is 67.7 Å². The Morgan fingerprint density at radius 3 is 2.62 bits per heavy atom. The van der Waals surface area contributed by atoms with Crippen LogP contribution in [0.25, 0.3) is 0 Å². The Morgan fingerprint density at radius 1 is 1.29 bits per heavy atom. The highest BCUT2D eigenvalue weighted by molar-refractivity contribution is 5.78. The van der Waals surface area contributed by atoms with E-state index >= 15 is 0 Å². The lowest BCUT2D eigenvalue weighted by Crippen LogP contribution is -2.56. The van der Waals surface area contributed by atoms with E-state index in [0.717, 1.165) is 32.8 Å². The van der Waals surface area contributed by atoms with Gasteiger partial charge >= 0.3 is 0 Å². The molecule has 0 saturated carbocycles. The highest BCUT2D eigenvalue weighted by atomic mass is 16.5. The smallest absolute Gasteiger partial charge is 0.234 e. The molecule has 1 amide bonds. The Balaban J connectivity index is 1.77. The molecule has 1 aliphatic heterocycles. The number of nitrogens with zero attached hydrogens (tertiary/aromatic N) is 2. The minimum atomic E-state index is -0.0476. The van der Waals surface area contributed by atoms with Crippen LogP contribution in [0.1, 0.15) is 25.0 Å². The second-order valence-corrected chi connectivity index (χ2v) is 7.29. The fourth-order valence-corrected chi connectivity index (χ4v) is 3.03. The number of carbonyl (C=O) groups excluding carboxylic acids is 1. The number of carbonyl (C=O) groups is 1.